The first-order valence-electron chi connectivity index (χ1n) is 5.90. The molecule has 0 amide bonds. The lowest BCUT2D eigenvalue weighted by molar-refractivity contribution is 0.416. The number of methoxy groups -OCH3 is 1. The molecule has 0 saturated carbocycles. The van der Waals surface area contributed by atoms with Gasteiger partial charge in [-0.15, -0.1) is 0 Å². The van der Waals surface area contributed by atoms with Crippen molar-refractivity contribution in [3.8, 4) is 5.75 Å². The number of nitrogens with two attached hydrogens (primary N) is 1. The van der Waals surface area contributed by atoms with Gasteiger partial charge in [-0.25, -0.2) is 17.5 Å². The molecule has 0 bridgehead atoms. The minimum absolute atomic E-state index is 0.194. The van der Waals surface area contributed by atoms with Crippen LogP contribution in [-0.2, 0) is 10.0 Å². The fraction of sp³-hybridized carbons (Fsp3) is 0.500. The number of benzene rings is 1. The summed E-state index contributed by atoms with van der Waals surface area (Å²) in [5.74, 6) is -0.179. The second kappa shape index (κ2) is 5.84. The molecule has 4 N–H and O–H groups in total. The number of sulfonamides is 1. The molecule has 0 aliphatic rings. The first kappa shape index (κ1) is 16.5. The molecule has 6 nitrogen and oxygen atoms in total. The van der Waals surface area contributed by atoms with Crippen LogP contribution in [0.5, 0.6) is 5.75 Å². The molecule has 0 saturated heterocycles. The van der Waals surface area contributed by atoms with Crippen LogP contribution in [0.4, 0.5) is 15.8 Å². The van der Waals surface area contributed by atoms with Crippen molar-refractivity contribution < 1.29 is 17.5 Å². The van der Waals surface area contributed by atoms with Crippen molar-refractivity contribution in [1.82, 2.24) is 4.72 Å². The summed E-state index contributed by atoms with van der Waals surface area (Å²) >= 11 is 0. The monoisotopic (exact) mass is 305 g/mol. The van der Waals surface area contributed by atoms with Gasteiger partial charge >= 0.3 is 0 Å². The Kier molecular flexibility index (Phi) is 4.82. The summed E-state index contributed by atoms with van der Waals surface area (Å²) in [7, 11) is -1.91. The van der Waals surface area contributed by atoms with Gasteiger partial charge in [0.2, 0.25) is 10.0 Å². The average Bonchev–Trinajstić information content (AvgIpc) is 2.24. The third kappa shape index (κ3) is 4.86. The van der Waals surface area contributed by atoms with Crippen LogP contribution in [0.15, 0.2) is 12.1 Å². The fourth-order valence-electron chi connectivity index (χ4n) is 1.74. The highest BCUT2D eigenvalue weighted by Crippen LogP contribution is 2.28. The van der Waals surface area contributed by atoms with Gasteiger partial charge in [0.05, 0.1) is 24.7 Å². The Morgan fingerprint density at radius 2 is 2.00 bits per heavy atom. The Hall–Kier alpha value is -1.54. The lowest BCUT2D eigenvalue weighted by Gasteiger charge is -2.26. The molecule has 0 heterocycles. The normalized spacial score (nSPS) is 12.2. The summed E-state index contributed by atoms with van der Waals surface area (Å²) in [4.78, 5) is 0. The maximum absolute atomic E-state index is 13.7. The van der Waals surface area contributed by atoms with Crippen LogP contribution in [0, 0.1) is 5.82 Å². The zero-order chi connectivity index (χ0) is 15.6. The van der Waals surface area contributed by atoms with Crippen molar-refractivity contribution in [1.29, 1.82) is 0 Å². The molecule has 1 aromatic rings. The maximum Gasteiger partial charge on any atom is 0.209 e. The van der Waals surface area contributed by atoms with E-state index in [1.54, 1.807) is 13.8 Å². The van der Waals surface area contributed by atoms with Crippen LogP contribution in [0.2, 0.25) is 0 Å². The van der Waals surface area contributed by atoms with Crippen molar-refractivity contribution in [3.05, 3.63) is 17.9 Å². The van der Waals surface area contributed by atoms with E-state index in [0.717, 1.165) is 12.3 Å². The van der Waals surface area contributed by atoms with E-state index in [-0.39, 0.29) is 17.9 Å². The second-order valence-electron chi connectivity index (χ2n) is 5.19. The first-order chi connectivity index (χ1) is 9.04. The Morgan fingerprint density at radius 1 is 1.40 bits per heavy atom. The van der Waals surface area contributed by atoms with Gasteiger partial charge in [0.15, 0.2) is 0 Å². The summed E-state index contributed by atoms with van der Waals surface area (Å²) in [6.45, 7) is 3.57. The molecule has 0 fully saturated rings. The van der Waals surface area contributed by atoms with E-state index in [9.17, 15) is 12.8 Å². The van der Waals surface area contributed by atoms with Crippen LogP contribution < -0.4 is 20.5 Å². The first-order valence-corrected chi connectivity index (χ1v) is 7.79. The molecule has 0 radical (unpaired) electrons. The second-order valence-corrected chi connectivity index (χ2v) is 6.93. The Balaban J connectivity index is 2.84. The van der Waals surface area contributed by atoms with Gasteiger partial charge in [-0.3, -0.25) is 0 Å². The van der Waals surface area contributed by atoms with Crippen LogP contribution in [0.1, 0.15) is 13.8 Å². The van der Waals surface area contributed by atoms with E-state index in [2.05, 4.69) is 10.0 Å². The summed E-state index contributed by atoms with van der Waals surface area (Å²) in [6, 6.07) is 2.58. The highest BCUT2D eigenvalue weighted by atomic mass is 32.2. The average molecular weight is 305 g/mol. The number of nitrogens with one attached hydrogen (secondary N) is 2. The van der Waals surface area contributed by atoms with Gasteiger partial charge in [-0.05, 0) is 13.8 Å². The van der Waals surface area contributed by atoms with Gasteiger partial charge in [0.25, 0.3) is 0 Å². The largest absolute Gasteiger partial charge is 0.495 e. The Bertz CT molecular complexity index is 588. The summed E-state index contributed by atoms with van der Waals surface area (Å²) in [6.07, 6.45) is 1.07. The Morgan fingerprint density at radius 3 is 2.50 bits per heavy atom. The fourth-order valence-corrected chi connectivity index (χ4v) is 2.81. The molecule has 0 unspecified atom stereocenters. The lowest BCUT2D eigenvalue weighted by atomic mass is 10.1. The molecule has 114 valence electrons. The molecule has 0 aromatic heterocycles. The number of halogens is 1. The van der Waals surface area contributed by atoms with Gasteiger partial charge in [-0.1, -0.05) is 0 Å². The number of anilines is 2. The summed E-state index contributed by atoms with van der Waals surface area (Å²) in [5.41, 5.74) is 5.20. The van der Waals surface area contributed by atoms with Crippen LogP contribution >= 0.6 is 0 Å². The van der Waals surface area contributed by atoms with Crippen molar-refractivity contribution in [2.45, 2.75) is 19.4 Å². The van der Waals surface area contributed by atoms with E-state index in [1.807, 2.05) is 0 Å². The Labute approximate surface area is 118 Å². The molecule has 1 rings (SSSR count). The minimum Gasteiger partial charge on any atom is -0.495 e. The number of hydrogen-bond acceptors (Lipinski definition) is 5. The number of hydrogen-bond donors (Lipinski definition) is 3. The van der Waals surface area contributed by atoms with Crippen molar-refractivity contribution in [3.63, 3.8) is 0 Å². The summed E-state index contributed by atoms with van der Waals surface area (Å²) < 4.78 is 43.7. The van der Waals surface area contributed by atoms with Crippen molar-refractivity contribution in [2.24, 2.45) is 0 Å². The smallest absolute Gasteiger partial charge is 0.209 e. The summed E-state index contributed by atoms with van der Waals surface area (Å²) in [5, 5.41) is 2.84. The molecule has 0 spiro atoms. The van der Waals surface area contributed by atoms with Gasteiger partial charge in [-0.2, -0.15) is 0 Å². The minimum atomic E-state index is -3.34. The number of nitrogen functional groups attached to an aromatic ring is 1. The van der Waals surface area contributed by atoms with Crippen molar-refractivity contribution >= 4 is 21.4 Å². The molecule has 20 heavy (non-hydrogen) atoms. The van der Waals surface area contributed by atoms with Crippen LogP contribution in [0.3, 0.4) is 0 Å². The van der Waals surface area contributed by atoms with Crippen LogP contribution in [-0.4, -0.2) is 33.9 Å². The molecule has 1 aromatic carbocycles. The standard InChI is InChI=1S/C12H20FN3O3S/c1-12(2,16-20(4,17)18)7-15-10-6-11(19-3)9(14)5-8(10)13/h5-6,15-16H,7,14H2,1-4H3. The zero-order valence-corrected chi connectivity index (χ0v) is 12.8. The zero-order valence-electron chi connectivity index (χ0n) is 12.0. The van der Waals surface area contributed by atoms with Crippen molar-refractivity contribution in [2.75, 3.05) is 31.0 Å². The molecule has 8 heteroatoms. The predicted octanol–water partition coefficient (Wildman–Crippen LogP) is 1.16. The lowest BCUT2D eigenvalue weighted by Crippen LogP contribution is -2.47. The molecular weight excluding hydrogens is 285 g/mol. The third-order valence-electron chi connectivity index (χ3n) is 2.50. The molecular formula is C12H20FN3O3S. The van der Waals surface area contributed by atoms with Crippen LogP contribution in [0.25, 0.3) is 0 Å². The van der Waals surface area contributed by atoms with E-state index in [0.29, 0.717) is 5.75 Å². The van der Waals surface area contributed by atoms with Gasteiger partial charge in [0.1, 0.15) is 11.6 Å². The van der Waals surface area contributed by atoms with E-state index >= 15 is 0 Å². The predicted molar refractivity (Wildman–Crippen MR) is 77.9 cm³/mol. The number of rotatable bonds is 6. The van der Waals surface area contributed by atoms with E-state index < -0.39 is 21.4 Å². The maximum atomic E-state index is 13.7. The molecule has 0 atom stereocenters. The van der Waals surface area contributed by atoms with Gasteiger partial charge < -0.3 is 15.8 Å². The third-order valence-corrected chi connectivity index (χ3v) is 3.43. The highest BCUT2D eigenvalue weighted by molar-refractivity contribution is 7.88. The van der Waals surface area contributed by atoms with E-state index in [4.69, 9.17) is 10.5 Å². The SMILES string of the molecule is COc1cc(NCC(C)(C)NS(C)(=O)=O)c(F)cc1N. The number of ether oxygens (including phenoxy) is 1. The van der Waals surface area contributed by atoms with E-state index in [1.165, 1.54) is 13.2 Å². The molecule has 0 aliphatic heterocycles. The molecule has 0 aliphatic carbocycles. The highest BCUT2D eigenvalue weighted by Gasteiger charge is 2.22. The quantitative estimate of drug-likeness (QED) is 0.686. The topological polar surface area (TPSA) is 93.5 Å². The van der Waals surface area contributed by atoms with Gasteiger partial charge in [0, 0.05) is 24.2 Å².